The summed E-state index contributed by atoms with van der Waals surface area (Å²) >= 11 is 0. The first-order valence-electron chi connectivity index (χ1n) is 7.86. The van der Waals surface area contributed by atoms with Crippen LogP contribution in [0.15, 0.2) is 42.6 Å². The average molecular weight is 367 g/mol. The molecule has 2 aromatic rings. The highest BCUT2D eigenvalue weighted by molar-refractivity contribution is 5.93. The average Bonchev–Trinajstić information content (AvgIpc) is 2.58. The van der Waals surface area contributed by atoms with Crippen molar-refractivity contribution in [1.82, 2.24) is 10.3 Å². The quantitative estimate of drug-likeness (QED) is 0.685. The van der Waals surface area contributed by atoms with Crippen LogP contribution in [0.2, 0.25) is 0 Å². The van der Waals surface area contributed by atoms with Crippen molar-refractivity contribution in [3.63, 3.8) is 0 Å². The molecule has 0 aliphatic carbocycles. The maximum absolute atomic E-state index is 12.9. The second-order valence-corrected chi connectivity index (χ2v) is 5.62. The Balaban J connectivity index is 1.85. The molecule has 0 unspecified atom stereocenters. The zero-order chi connectivity index (χ0) is 19.2. The number of anilines is 3. The zero-order valence-corrected chi connectivity index (χ0v) is 14.4. The molecule has 0 fully saturated rings. The first-order chi connectivity index (χ1) is 12.3. The van der Waals surface area contributed by atoms with Gasteiger partial charge in [0.15, 0.2) is 0 Å². The Bertz CT molecular complexity index is 749. The molecule has 9 heteroatoms. The maximum atomic E-state index is 12.9. The first-order valence-corrected chi connectivity index (χ1v) is 7.86. The molecule has 0 bridgehead atoms. The minimum atomic E-state index is -4.49. The van der Waals surface area contributed by atoms with Crippen LogP contribution < -0.4 is 20.9 Å². The minimum Gasteiger partial charge on any atom is -0.376 e. The second kappa shape index (κ2) is 8.41. The van der Waals surface area contributed by atoms with Crippen molar-refractivity contribution in [3.05, 3.63) is 48.2 Å². The Kier molecular flexibility index (Phi) is 6.26. The van der Waals surface area contributed by atoms with Gasteiger partial charge < -0.3 is 20.9 Å². The van der Waals surface area contributed by atoms with Gasteiger partial charge in [0.2, 0.25) is 0 Å². The molecule has 0 aliphatic rings. The van der Waals surface area contributed by atoms with Gasteiger partial charge in [-0.1, -0.05) is 12.1 Å². The monoisotopic (exact) mass is 367 g/mol. The van der Waals surface area contributed by atoms with Crippen LogP contribution in [0.4, 0.5) is 35.2 Å². The summed E-state index contributed by atoms with van der Waals surface area (Å²) in [4.78, 5) is 17.5. The van der Waals surface area contributed by atoms with Gasteiger partial charge in [-0.3, -0.25) is 0 Å². The number of carbonyl (C=O) groups excluding carboxylic acids is 1. The number of para-hydroxylation sites is 2. The Labute approximate surface area is 149 Å². The van der Waals surface area contributed by atoms with Gasteiger partial charge in [0.1, 0.15) is 5.82 Å². The number of rotatable bonds is 6. The van der Waals surface area contributed by atoms with E-state index in [1.54, 1.807) is 12.1 Å². The Morgan fingerprint density at radius 1 is 1.12 bits per heavy atom. The molecule has 140 valence electrons. The number of benzene rings is 1. The predicted octanol–water partition coefficient (Wildman–Crippen LogP) is 3.40. The topological polar surface area (TPSA) is 69.3 Å². The fourth-order valence-electron chi connectivity index (χ4n) is 2.27. The Hall–Kier alpha value is -2.97. The predicted molar refractivity (Wildman–Crippen MR) is 95.5 cm³/mol. The standard InChI is InChI=1S/C17H20F3N5O/c1-25(2)14-8-4-3-7-13(14)24-16(26)23-11-10-22-15-12(17(18,19)20)6-5-9-21-15/h3-9H,10-11H2,1-2H3,(H,21,22)(H2,23,24,26). The third kappa shape index (κ3) is 5.27. The van der Waals surface area contributed by atoms with Crippen molar-refractivity contribution >= 4 is 23.2 Å². The third-order valence-corrected chi connectivity index (χ3v) is 3.45. The van der Waals surface area contributed by atoms with E-state index < -0.39 is 17.8 Å². The van der Waals surface area contributed by atoms with Gasteiger partial charge in [0.05, 0.1) is 16.9 Å². The summed E-state index contributed by atoms with van der Waals surface area (Å²) in [6.45, 7) is 0.229. The Morgan fingerprint density at radius 2 is 1.85 bits per heavy atom. The molecule has 2 amide bonds. The van der Waals surface area contributed by atoms with Gasteiger partial charge in [-0.05, 0) is 24.3 Å². The number of aromatic nitrogens is 1. The van der Waals surface area contributed by atoms with Gasteiger partial charge in [0.25, 0.3) is 0 Å². The first kappa shape index (κ1) is 19.4. The third-order valence-electron chi connectivity index (χ3n) is 3.45. The van der Waals surface area contributed by atoms with Crippen LogP contribution in [-0.2, 0) is 6.18 Å². The van der Waals surface area contributed by atoms with Gasteiger partial charge >= 0.3 is 12.2 Å². The van der Waals surface area contributed by atoms with E-state index in [1.807, 2.05) is 31.1 Å². The van der Waals surface area contributed by atoms with Crippen LogP contribution in [0.25, 0.3) is 0 Å². The Morgan fingerprint density at radius 3 is 2.54 bits per heavy atom. The molecule has 1 aromatic heterocycles. The summed E-state index contributed by atoms with van der Waals surface area (Å²) in [5.74, 6) is -0.264. The lowest BCUT2D eigenvalue weighted by Gasteiger charge is -2.18. The second-order valence-electron chi connectivity index (χ2n) is 5.62. The molecule has 26 heavy (non-hydrogen) atoms. The summed E-state index contributed by atoms with van der Waals surface area (Å²) < 4.78 is 38.6. The molecule has 3 N–H and O–H groups in total. The van der Waals surface area contributed by atoms with Crippen LogP contribution in [0, 0.1) is 0 Å². The highest BCUT2D eigenvalue weighted by Gasteiger charge is 2.33. The van der Waals surface area contributed by atoms with E-state index in [9.17, 15) is 18.0 Å². The number of hydrogen-bond donors (Lipinski definition) is 3. The number of amides is 2. The van der Waals surface area contributed by atoms with Crippen LogP contribution in [0.5, 0.6) is 0 Å². The SMILES string of the molecule is CN(C)c1ccccc1NC(=O)NCCNc1ncccc1C(F)(F)F. The van der Waals surface area contributed by atoms with E-state index >= 15 is 0 Å². The smallest absolute Gasteiger partial charge is 0.376 e. The molecule has 0 atom stereocenters. The van der Waals surface area contributed by atoms with Crippen molar-refractivity contribution < 1.29 is 18.0 Å². The summed E-state index contributed by atoms with van der Waals surface area (Å²) in [6.07, 6.45) is -3.22. The molecule has 1 heterocycles. The van der Waals surface area contributed by atoms with Crippen LogP contribution in [0.3, 0.4) is 0 Å². The van der Waals surface area contributed by atoms with Gasteiger partial charge in [0, 0.05) is 33.4 Å². The molecule has 6 nitrogen and oxygen atoms in total. The van der Waals surface area contributed by atoms with E-state index in [-0.39, 0.29) is 18.9 Å². The van der Waals surface area contributed by atoms with E-state index in [1.165, 1.54) is 12.3 Å². The normalized spacial score (nSPS) is 11.0. The summed E-state index contributed by atoms with van der Waals surface area (Å²) in [5.41, 5.74) is 0.625. The number of urea groups is 1. The molecule has 2 rings (SSSR count). The number of halogens is 3. The van der Waals surface area contributed by atoms with E-state index in [0.29, 0.717) is 5.69 Å². The lowest BCUT2D eigenvalue weighted by atomic mass is 10.2. The van der Waals surface area contributed by atoms with Crippen molar-refractivity contribution in [2.24, 2.45) is 0 Å². The number of nitrogens with zero attached hydrogens (tertiary/aromatic N) is 2. The van der Waals surface area contributed by atoms with Crippen LogP contribution in [-0.4, -0.2) is 38.2 Å². The lowest BCUT2D eigenvalue weighted by Crippen LogP contribution is -2.33. The van der Waals surface area contributed by atoms with Crippen LogP contribution >= 0.6 is 0 Å². The lowest BCUT2D eigenvalue weighted by molar-refractivity contribution is -0.137. The fraction of sp³-hybridized carbons (Fsp3) is 0.294. The van der Waals surface area contributed by atoms with Crippen LogP contribution in [0.1, 0.15) is 5.56 Å². The van der Waals surface area contributed by atoms with Gasteiger partial charge in [-0.15, -0.1) is 0 Å². The summed E-state index contributed by atoms with van der Waals surface area (Å²) in [5, 5.41) is 7.88. The number of pyridine rings is 1. The maximum Gasteiger partial charge on any atom is 0.419 e. The minimum absolute atomic E-state index is 0.100. The highest BCUT2D eigenvalue weighted by atomic mass is 19.4. The number of carbonyl (C=O) groups is 1. The summed E-state index contributed by atoms with van der Waals surface area (Å²) in [7, 11) is 3.71. The van der Waals surface area contributed by atoms with Gasteiger partial charge in [-0.25, -0.2) is 9.78 Å². The van der Waals surface area contributed by atoms with Crippen molar-refractivity contribution in [2.45, 2.75) is 6.18 Å². The van der Waals surface area contributed by atoms with E-state index in [2.05, 4.69) is 20.9 Å². The molecule has 0 saturated heterocycles. The molecular weight excluding hydrogens is 347 g/mol. The highest BCUT2D eigenvalue weighted by Crippen LogP contribution is 2.33. The fourth-order valence-corrected chi connectivity index (χ4v) is 2.27. The number of hydrogen-bond acceptors (Lipinski definition) is 4. The van der Waals surface area contributed by atoms with Crippen molar-refractivity contribution in [3.8, 4) is 0 Å². The van der Waals surface area contributed by atoms with Crippen molar-refractivity contribution in [2.75, 3.05) is 42.7 Å². The number of nitrogens with one attached hydrogen (secondary N) is 3. The number of alkyl halides is 3. The zero-order valence-electron chi connectivity index (χ0n) is 14.4. The molecule has 0 radical (unpaired) electrons. The van der Waals surface area contributed by atoms with Gasteiger partial charge in [-0.2, -0.15) is 13.2 Å². The summed E-state index contributed by atoms with van der Waals surface area (Å²) in [6, 6.07) is 9.00. The van der Waals surface area contributed by atoms with Crippen molar-refractivity contribution in [1.29, 1.82) is 0 Å². The van der Waals surface area contributed by atoms with E-state index in [4.69, 9.17) is 0 Å². The molecule has 1 aromatic carbocycles. The molecule has 0 aliphatic heterocycles. The largest absolute Gasteiger partial charge is 0.419 e. The molecule has 0 spiro atoms. The van der Waals surface area contributed by atoms with E-state index in [0.717, 1.165) is 11.8 Å². The molecule has 0 saturated carbocycles. The molecular formula is C17H20F3N5O.